The Morgan fingerprint density at radius 2 is 1.70 bits per heavy atom. The fraction of sp³-hybridized carbons (Fsp3) is 0.316. The first-order valence-corrected chi connectivity index (χ1v) is 10.3. The fourth-order valence-electron chi connectivity index (χ4n) is 3.49. The summed E-state index contributed by atoms with van der Waals surface area (Å²) in [5.41, 5.74) is 2.41. The molecule has 1 amide bonds. The number of carbonyl (C=O) groups excluding carboxylic acids is 1. The highest BCUT2D eigenvalue weighted by Crippen LogP contribution is 2.27. The molecule has 0 radical (unpaired) electrons. The van der Waals surface area contributed by atoms with Crippen LogP contribution in [0.5, 0.6) is 0 Å². The SMILES string of the molecule is O=C1Cc2cc(S(=O)(=O)N3CCN(Cc4ccc(F)cc4)CC3)ccc2N1. The molecule has 4 rings (SSSR count). The molecule has 0 saturated carbocycles. The molecule has 6 nitrogen and oxygen atoms in total. The molecule has 1 N–H and O–H groups in total. The Balaban J connectivity index is 1.42. The van der Waals surface area contributed by atoms with Crippen LogP contribution in [0.4, 0.5) is 10.1 Å². The number of nitrogens with one attached hydrogen (secondary N) is 1. The smallest absolute Gasteiger partial charge is 0.243 e. The minimum atomic E-state index is -3.58. The summed E-state index contributed by atoms with van der Waals surface area (Å²) in [5, 5.41) is 2.71. The number of hydrogen-bond donors (Lipinski definition) is 1. The van der Waals surface area contributed by atoms with Gasteiger partial charge in [-0.1, -0.05) is 12.1 Å². The van der Waals surface area contributed by atoms with Gasteiger partial charge in [-0.25, -0.2) is 12.8 Å². The molecule has 2 aliphatic rings. The van der Waals surface area contributed by atoms with E-state index in [1.165, 1.54) is 16.4 Å². The van der Waals surface area contributed by atoms with Gasteiger partial charge in [0.15, 0.2) is 0 Å². The highest BCUT2D eigenvalue weighted by molar-refractivity contribution is 7.89. The van der Waals surface area contributed by atoms with Gasteiger partial charge < -0.3 is 5.32 Å². The summed E-state index contributed by atoms with van der Waals surface area (Å²) < 4.78 is 40.4. The predicted molar refractivity (Wildman–Crippen MR) is 99.2 cm³/mol. The van der Waals surface area contributed by atoms with Crippen LogP contribution in [0.2, 0.25) is 0 Å². The Morgan fingerprint density at radius 3 is 2.41 bits per heavy atom. The zero-order valence-corrected chi connectivity index (χ0v) is 15.5. The van der Waals surface area contributed by atoms with E-state index < -0.39 is 10.0 Å². The average Bonchev–Trinajstić information content (AvgIpc) is 3.03. The Hall–Kier alpha value is -2.29. The van der Waals surface area contributed by atoms with Gasteiger partial charge in [0.25, 0.3) is 0 Å². The van der Waals surface area contributed by atoms with Crippen LogP contribution in [-0.2, 0) is 27.8 Å². The van der Waals surface area contributed by atoms with E-state index in [2.05, 4.69) is 10.2 Å². The van der Waals surface area contributed by atoms with E-state index in [-0.39, 0.29) is 23.0 Å². The molecule has 142 valence electrons. The first kappa shape index (κ1) is 18.1. The number of halogens is 1. The number of hydrogen-bond acceptors (Lipinski definition) is 4. The van der Waals surface area contributed by atoms with Gasteiger partial charge >= 0.3 is 0 Å². The van der Waals surface area contributed by atoms with Crippen LogP contribution in [0, 0.1) is 5.82 Å². The Morgan fingerprint density at radius 1 is 1.00 bits per heavy atom. The zero-order chi connectivity index (χ0) is 19.0. The molecule has 0 spiro atoms. The number of fused-ring (bicyclic) bond motifs is 1. The van der Waals surface area contributed by atoms with E-state index in [0.717, 1.165) is 11.1 Å². The maximum absolute atomic E-state index is 13.0. The third-order valence-electron chi connectivity index (χ3n) is 4.99. The van der Waals surface area contributed by atoms with Crippen LogP contribution < -0.4 is 5.32 Å². The molecule has 2 heterocycles. The van der Waals surface area contributed by atoms with Gasteiger partial charge in [-0.05, 0) is 41.5 Å². The van der Waals surface area contributed by atoms with Gasteiger partial charge in [-0.2, -0.15) is 4.31 Å². The van der Waals surface area contributed by atoms with Crippen molar-refractivity contribution in [3.8, 4) is 0 Å². The molecule has 0 aromatic heterocycles. The number of rotatable bonds is 4. The summed E-state index contributed by atoms with van der Waals surface area (Å²) in [6.07, 6.45) is 0.212. The maximum atomic E-state index is 13.0. The van der Waals surface area contributed by atoms with Gasteiger partial charge in [0.2, 0.25) is 15.9 Å². The molecular formula is C19H20FN3O3S. The first-order chi connectivity index (χ1) is 12.9. The standard InChI is InChI=1S/C19H20FN3O3S/c20-16-3-1-14(2-4-16)13-22-7-9-23(10-8-22)27(25,26)17-5-6-18-15(11-17)12-19(24)21-18/h1-6,11H,7-10,12-13H2,(H,21,24). The summed E-state index contributed by atoms with van der Waals surface area (Å²) in [7, 11) is -3.58. The van der Waals surface area contributed by atoms with Gasteiger partial charge in [0.05, 0.1) is 11.3 Å². The predicted octanol–water partition coefficient (Wildman–Crippen LogP) is 1.83. The molecular weight excluding hydrogens is 369 g/mol. The van der Waals surface area contributed by atoms with Crippen LogP contribution in [0.3, 0.4) is 0 Å². The van der Waals surface area contributed by atoms with Crippen molar-refractivity contribution in [1.82, 2.24) is 9.21 Å². The summed E-state index contributed by atoms with van der Waals surface area (Å²) in [5.74, 6) is -0.380. The first-order valence-electron chi connectivity index (χ1n) is 8.81. The second kappa shape index (κ2) is 7.03. The quantitative estimate of drug-likeness (QED) is 0.866. The van der Waals surface area contributed by atoms with Crippen molar-refractivity contribution >= 4 is 21.6 Å². The Bertz CT molecular complexity index is 968. The zero-order valence-electron chi connectivity index (χ0n) is 14.7. The minimum absolute atomic E-state index is 0.117. The number of anilines is 1. The number of amides is 1. The highest BCUT2D eigenvalue weighted by atomic mass is 32.2. The Labute approximate surface area is 157 Å². The van der Waals surface area contributed by atoms with Crippen molar-refractivity contribution in [1.29, 1.82) is 0 Å². The van der Waals surface area contributed by atoms with Crippen LogP contribution in [-0.4, -0.2) is 49.7 Å². The molecule has 1 fully saturated rings. The molecule has 0 bridgehead atoms. The third kappa shape index (κ3) is 3.73. The van der Waals surface area contributed by atoms with Crippen LogP contribution >= 0.6 is 0 Å². The molecule has 0 atom stereocenters. The average molecular weight is 389 g/mol. The summed E-state index contributed by atoms with van der Waals surface area (Å²) in [4.78, 5) is 13.9. The summed E-state index contributed by atoms with van der Waals surface area (Å²) in [6.45, 7) is 2.69. The molecule has 1 saturated heterocycles. The lowest BCUT2D eigenvalue weighted by Gasteiger charge is -2.34. The van der Waals surface area contributed by atoms with Crippen molar-refractivity contribution in [2.75, 3.05) is 31.5 Å². The second-order valence-electron chi connectivity index (χ2n) is 6.85. The number of benzene rings is 2. The lowest BCUT2D eigenvalue weighted by Crippen LogP contribution is -2.48. The van der Waals surface area contributed by atoms with E-state index in [4.69, 9.17) is 0 Å². The van der Waals surface area contributed by atoms with E-state index in [0.29, 0.717) is 38.4 Å². The highest BCUT2D eigenvalue weighted by Gasteiger charge is 2.30. The molecule has 2 aromatic rings. The van der Waals surface area contributed by atoms with Crippen molar-refractivity contribution in [2.45, 2.75) is 17.9 Å². The Kier molecular flexibility index (Phi) is 4.71. The lowest BCUT2D eigenvalue weighted by atomic mass is 10.2. The molecule has 2 aromatic carbocycles. The third-order valence-corrected chi connectivity index (χ3v) is 6.88. The normalized spacial score (nSPS) is 18.3. The molecule has 8 heteroatoms. The van der Waals surface area contributed by atoms with Gasteiger partial charge in [0.1, 0.15) is 5.82 Å². The molecule has 0 unspecified atom stereocenters. The molecule has 0 aliphatic carbocycles. The summed E-state index contributed by atoms with van der Waals surface area (Å²) >= 11 is 0. The maximum Gasteiger partial charge on any atom is 0.243 e. The topological polar surface area (TPSA) is 69.7 Å². The van der Waals surface area contributed by atoms with Crippen molar-refractivity contribution in [3.63, 3.8) is 0 Å². The van der Waals surface area contributed by atoms with E-state index in [1.54, 1.807) is 30.3 Å². The van der Waals surface area contributed by atoms with Gasteiger partial charge in [-0.3, -0.25) is 9.69 Å². The van der Waals surface area contributed by atoms with Crippen molar-refractivity contribution in [3.05, 3.63) is 59.4 Å². The lowest BCUT2D eigenvalue weighted by molar-refractivity contribution is -0.115. The van der Waals surface area contributed by atoms with E-state index in [1.807, 2.05) is 0 Å². The largest absolute Gasteiger partial charge is 0.326 e. The number of nitrogens with zero attached hydrogens (tertiary/aromatic N) is 2. The number of sulfonamides is 1. The monoisotopic (exact) mass is 389 g/mol. The van der Waals surface area contributed by atoms with E-state index in [9.17, 15) is 17.6 Å². The van der Waals surface area contributed by atoms with Gasteiger partial charge in [0, 0.05) is 38.4 Å². The second-order valence-corrected chi connectivity index (χ2v) is 8.79. The number of carbonyl (C=O) groups is 1. The van der Waals surface area contributed by atoms with Crippen molar-refractivity contribution < 1.29 is 17.6 Å². The summed E-state index contributed by atoms with van der Waals surface area (Å²) in [6, 6.07) is 11.2. The van der Waals surface area contributed by atoms with Crippen LogP contribution in [0.1, 0.15) is 11.1 Å². The number of piperazine rings is 1. The molecule has 27 heavy (non-hydrogen) atoms. The van der Waals surface area contributed by atoms with Crippen LogP contribution in [0.25, 0.3) is 0 Å². The van der Waals surface area contributed by atoms with E-state index >= 15 is 0 Å². The minimum Gasteiger partial charge on any atom is -0.326 e. The van der Waals surface area contributed by atoms with Gasteiger partial charge in [-0.15, -0.1) is 0 Å². The molecule has 2 aliphatic heterocycles. The fourth-order valence-corrected chi connectivity index (χ4v) is 4.96. The van der Waals surface area contributed by atoms with Crippen molar-refractivity contribution in [2.24, 2.45) is 0 Å². The van der Waals surface area contributed by atoms with Crippen LogP contribution in [0.15, 0.2) is 47.4 Å².